The van der Waals surface area contributed by atoms with Gasteiger partial charge in [-0.1, -0.05) is 12.0 Å². The Morgan fingerprint density at radius 3 is 3.08 bits per heavy atom. The van der Waals surface area contributed by atoms with E-state index in [2.05, 4.69) is 11.2 Å². The second-order valence-corrected chi connectivity index (χ2v) is 2.98. The van der Waals surface area contributed by atoms with Crippen LogP contribution in [0.4, 0.5) is 0 Å². The van der Waals surface area contributed by atoms with E-state index in [-0.39, 0.29) is 5.91 Å². The third-order valence-corrected chi connectivity index (χ3v) is 2.24. The number of amides is 1. The summed E-state index contributed by atoms with van der Waals surface area (Å²) in [5.41, 5.74) is 2.57. The molecule has 0 unspecified atom stereocenters. The summed E-state index contributed by atoms with van der Waals surface area (Å²) < 4.78 is 0. The molecule has 1 aliphatic rings. The standard InChI is InChI=1S/C11H9NO/c1-2-8-4-3-5-10-9(8)6-7-12-11(10)13/h1,3-5H,6-7H2,(H,12,13). The largest absolute Gasteiger partial charge is 0.352 e. The summed E-state index contributed by atoms with van der Waals surface area (Å²) in [6.07, 6.45) is 6.17. The quantitative estimate of drug-likeness (QED) is 0.579. The molecule has 0 radical (unpaired) electrons. The molecule has 0 saturated heterocycles. The van der Waals surface area contributed by atoms with Crippen molar-refractivity contribution >= 4 is 5.91 Å². The Morgan fingerprint density at radius 1 is 1.46 bits per heavy atom. The minimum absolute atomic E-state index is 0.0154. The molecule has 0 aliphatic carbocycles. The highest BCUT2D eigenvalue weighted by Crippen LogP contribution is 2.17. The lowest BCUT2D eigenvalue weighted by atomic mass is 9.95. The Hall–Kier alpha value is -1.75. The SMILES string of the molecule is C#Cc1cccc2c1CCNC2=O. The van der Waals surface area contributed by atoms with Crippen molar-refractivity contribution in [1.29, 1.82) is 0 Å². The van der Waals surface area contributed by atoms with E-state index in [1.54, 1.807) is 0 Å². The predicted octanol–water partition coefficient (Wildman–Crippen LogP) is 0.954. The van der Waals surface area contributed by atoms with Crippen LogP contribution in [0.2, 0.25) is 0 Å². The van der Waals surface area contributed by atoms with Gasteiger partial charge in [-0.2, -0.15) is 0 Å². The average Bonchev–Trinajstić information content (AvgIpc) is 2.18. The molecule has 0 saturated carbocycles. The number of carbonyl (C=O) groups excluding carboxylic acids is 1. The van der Waals surface area contributed by atoms with Gasteiger partial charge in [-0.3, -0.25) is 4.79 Å². The highest BCUT2D eigenvalue weighted by atomic mass is 16.1. The summed E-state index contributed by atoms with van der Waals surface area (Å²) in [6, 6.07) is 5.50. The summed E-state index contributed by atoms with van der Waals surface area (Å²) in [6.45, 7) is 0.685. The van der Waals surface area contributed by atoms with Gasteiger partial charge >= 0.3 is 0 Å². The first-order valence-corrected chi connectivity index (χ1v) is 4.19. The normalized spacial score (nSPS) is 14.2. The number of benzene rings is 1. The molecular formula is C11H9NO. The van der Waals surface area contributed by atoms with Crippen LogP contribution < -0.4 is 5.32 Å². The Balaban J connectivity index is 2.63. The lowest BCUT2D eigenvalue weighted by molar-refractivity contribution is 0.0946. The molecule has 1 aromatic carbocycles. The molecule has 1 N–H and O–H groups in total. The van der Waals surface area contributed by atoms with Crippen molar-refractivity contribution in [1.82, 2.24) is 5.32 Å². The highest BCUT2D eigenvalue weighted by Gasteiger charge is 2.17. The first kappa shape index (κ1) is 7.88. The van der Waals surface area contributed by atoms with E-state index in [9.17, 15) is 4.79 Å². The van der Waals surface area contributed by atoms with Gasteiger partial charge in [0.15, 0.2) is 0 Å². The number of hydrogen-bond donors (Lipinski definition) is 1. The van der Waals surface area contributed by atoms with Gasteiger partial charge in [-0.05, 0) is 24.1 Å². The molecule has 1 amide bonds. The van der Waals surface area contributed by atoms with Crippen molar-refractivity contribution in [2.24, 2.45) is 0 Å². The number of carbonyl (C=O) groups is 1. The molecule has 1 heterocycles. The average molecular weight is 171 g/mol. The van der Waals surface area contributed by atoms with Crippen molar-refractivity contribution in [3.8, 4) is 12.3 Å². The van der Waals surface area contributed by atoms with Gasteiger partial charge in [-0.15, -0.1) is 6.42 Å². The molecule has 0 fully saturated rings. The molecule has 0 aromatic heterocycles. The highest BCUT2D eigenvalue weighted by molar-refractivity contribution is 5.97. The predicted molar refractivity (Wildman–Crippen MR) is 50.4 cm³/mol. The van der Waals surface area contributed by atoms with Crippen molar-refractivity contribution in [2.75, 3.05) is 6.54 Å². The van der Waals surface area contributed by atoms with Crippen molar-refractivity contribution < 1.29 is 4.79 Å². The molecule has 2 rings (SSSR count). The molecule has 2 heteroatoms. The monoisotopic (exact) mass is 171 g/mol. The van der Waals surface area contributed by atoms with Gasteiger partial charge < -0.3 is 5.32 Å². The maximum atomic E-state index is 11.4. The molecule has 13 heavy (non-hydrogen) atoms. The van der Waals surface area contributed by atoms with E-state index in [1.165, 1.54) is 0 Å². The topological polar surface area (TPSA) is 29.1 Å². The fourth-order valence-corrected chi connectivity index (χ4v) is 1.60. The third-order valence-electron chi connectivity index (χ3n) is 2.24. The molecule has 0 atom stereocenters. The van der Waals surface area contributed by atoms with Crippen LogP contribution in [0.1, 0.15) is 21.5 Å². The summed E-state index contributed by atoms with van der Waals surface area (Å²) in [4.78, 5) is 11.4. The van der Waals surface area contributed by atoms with Crippen LogP contribution in [0.25, 0.3) is 0 Å². The summed E-state index contributed by atoms with van der Waals surface area (Å²) in [7, 11) is 0. The smallest absolute Gasteiger partial charge is 0.251 e. The van der Waals surface area contributed by atoms with E-state index in [4.69, 9.17) is 6.42 Å². The Labute approximate surface area is 77.0 Å². The van der Waals surface area contributed by atoms with Crippen molar-refractivity contribution in [3.63, 3.8) is 0 Å². The van der Waals surface area contributed by atoms with Crippen LogP contribution in [0.5, 0.6) is 0 Å². The van der Waals surface area contributed by atoms with Crippen LogP contribution in [-0.2, 0) is 6.42 Å². The number of fused-ring (bicyclic) bond motifs is 1. The van der Waals surface area contributed by atoms with E-state index < -0.39 is 0 Å². The van der Waals surface area contributed by atoms with Gasteiger partial charge in [-0.25, -0.2) is 0 Å². The van der Waals surface area contributed by atoms with Gasteiger partial charge in [0.05, 0.1) is 0 Å². The van der Waals surface area contributed by atoms with Gasteiger partial charge in [0.25, 0.3) is 5.91 Å². The van der Waals surface area contributed by atoms with E-state index in [0.717, 1.165) is 23.1 Å². The van der Waals surface area contributed by atoms with Crippen LogP contribution in [0.3, 0.4) is 0 Å². The molecule has 2 nitrogen and oxygen atoms in total. The molecule has 0 spiro atoms. The minimum atomic E-state index is -0.0154. The molecular weight excluding hydrogens is 162 g/mol. The fourth-order valence-electron chi connectivity index (χ4n) is 1.60. The summed E-state index contributed by atoms with van der Waals surface area (Å²) in [5, 5.41) is 2.78. The van der Waals surface area contributed by atoms with Crippen molar-refractivity contribution in [2.45, 2.75) is 6.42 Å². The fraction of sp³-hybridized carbons (Fsp3) is 0.182. The molecule has 64 valence electrons. The number of terminal acetylenes is 1. The Kier molecular flexibility index (Phi) is 1.79. The van der Waals surface area contributed by atoms with E-state index in [0.29, 0.717) is 6.54 Å². The third kappa shape index (κ3) is 1.19. The zero-order valence-corrected chi connectivity index (χ0v) is 7.13. The number of nitrogens with one attached hydrogen (secondary N) is 1. The Bertz CT molecular complexity index is 401. The molecule has 1 aromatic rings. The summed E-state index contributed by atoms with van der Waals surface area (Å²) >= 11 is 0. The zero-order valence-electron chi connectivity index (χ0n) is 7.13. The molecule has 1 aliphatic heterocycles. The lowest BCUT2D eigenvalue weighted by Gasteiger charge is -2.17. The number of rotatable bonds is 0. The first-order chi connectivity index (χ1) is 6.33. The maximum Gasteiger partial charge on any atom is 0.251 e. The van der Waals surface area contributed by atoms with Crippen LogP contribution in [-0.4, -0.2) is 12.5 Å². The van der Waals surface area contributed by atoms with Gasteiger partial charge in [0.2, 0.25) is 0 Å². The lowest BCUT2D eigenvalue weighted by Crippen LogP contribution is -2.32. The Morgan fingerprint density at radius 2 is 2.31 bits per heavy atom. The van der Waals surface area contributed by atoms with Crippen molar-refractivity contribution in [3.05, 3.63) is 34.9 Å². The van der Waals surface area contributed by atoms with E-state index in [1.807, 2.05) is 18.2 Å². The second-order valence-electron chi connectivity index (χ2n) is 2.98. The zero-order chi connectivity index (χ0) is 9.26. The second kappa shape index (κ2) is 2.95. The van der Waals surface area contributed by atoms with Crippen LogP contribution >= 0.6 is 0 Å². The van der Waals surface area contributed by atoms with E-state index >= 15 is 0 Å². The molecule has 0 bridgehead atoms. The summed E-state index contributed by atoms with van der Waals surface area (Å²) in [5.74, 6) is 2.58. The minimum Gasteiger partial charge on any atom is -0.352 e. The van der Waals surface area contributed by atoms with Crippen LogP contribution in [0.15, 0.2) is 18.2 Å². The maximum absolute atomic E-state index is 11.4. The first-order valence-electron chi connectivity index (χ1n) is 4.19. The van der Waals surface area contributed by atoms with Crippen LogP contribution in [0, 0.1) is 12.3 Å². The van der Waals surface area contributed by atoms with Gasteiger partial charge in [0, 0.05) is 17.7 Å². The number of hydrogen-bond acceptors (Lipinski definition) is 1. The van der Waals surface area contributed by atoms with Gasteiger partial charge in [0.1, 0.15) is 0 Å².